The second kappa shape index (κ2) is 5.14. The molecule has 0 bridgehead atoms. The van der Waals surface area contributed by atoms with Crippen molar-refractivity contribution in [3.8, 4) is 11.3 Å². The fraction of sp³-hybridized carbons (Fsp3) is 0.200. The Hall–Kier alpha value is -1.06. The quantitative estimate of drug-likeness (QED) is 0.760. The van der Waals surface area contributed by atoms with Crippen LogP contribution in [0.4, 0.5) is 0 Å². The Morgan fingerprint density at radius 3 is 2.60 bits per heavy atom. The number of alkyl halides is 1. The van der Waals surface area contributed by atoms with Crippen LogP contribution in [0.25, 0.3) is 11.3 Å². The van der Waals surface area contributed by atoms with Crippen LogP contribution in [0, 0.1) is 0 Å². The lowest BCUT2D eigenvalue weighted by Crippen LogP contribution is -1.85. The van der Waals surface area contributed by atoms with Crippen molar-refractivity contribution in [2.24, 2.45) is 7.05 Å². The molecule has 2 aromatic heterocycles. The summed E-state index contributed by atoms with van der Waals surface area (Å²) in [6.45, 7) is 0. The van der Waals surface area contributed by atoms with Crippen LogP contribution in [0.15, 0.2) is 30.7 Å². The van der Waals surface area contributed by atoms with E-state index in [1.54, 1.807) is 17.1 Å². The third-order valence-corrected chi connectivity index (χ3v) is 2.29. The number of nitrogens with zero attached hydrogens (tertiary/aromatic N) is 3. The molecule has 0 aliphatic rings. The topological polar surface area (TPSA) is 30.7 Å². The van der Waals surface area contributed by atoms with Gasteiger partial charge in [0.2, 0.25) is 0 Å². The Balaban J connectivity index is 0.00000112. The van der Waals surface area contributed by atoms with Crippen molar-refractivity contribution >= 4 is 24.0 Å². The molecular formula is C10H11Cl2N3. The predicted octanol–water partition coefficient (Wildman–Crippen LogP) is 2.64. The lowest BCUT2D eigenvalue weighted by atomic mass is 10.2. The normalized spacial score (nSPS) is 9.73. The second-order valence-corrected chi connectivity index (χ2v) is 3.36. The largest absolute Gasteiger partial charge is 0.275 e. The number of pyridine rings is 1. The molecule has 3 nitrogen and oxygen atoms in total. The van der Waals surface area contributed by atoms with Gasteiger partial charge in [-0.25, -0.2) is 0 Å². The average Bonchev–Trinajstić information content (AvgIpc) is 2.65. The van der Waals surface area contributed by atoms with Crippen molar-refractivity contribution < 1.29 is 0 Å². The van der Waals surface area contributed by atoms with Gasteiger partial charge in [0.15, 0.2) is 0 Å². The maximum Gasteiger partial charge on any atom is 0.0733 e. The number of aromatic nitrogens is 3. The van der Waals surface area contributed by atoms with Gasteiger partial charge in [0.1, 0.15) is 0 Å². The SMILES string of the molecule is Cl.Cn1cc(-c2ccc(CCl)cn2)cn1. The maximum absolute atomic E-state index is 5.67. The number of halogens is 2. The van der Waals surface area contributed by atoms with E-state index in [2.05, 4.69) is 10.1 Å². The first-order valence-electron chi connectivity index (χ1n) is 4.29. The van der Waals surface area contributed by atoms with Crippen LogP contribution < -0.4 is 0 Å². The number of rotatable bonds is 2. The third kappa shape index (κ3) is 2.70. The summed E-state index contributed by atoms with van der Waals surface area (Å²) in [5.74, 6) is 0.500. The second-order valence-electron chi connectivity index (χ2n) is 3.09. The molecule has 0 atom stereocenters. The Bertz CT molecular complexity index is 422. The third-order valence-electron chi connectivity index (χ3n) is 1.98. The smallest absolute Gasteiger partial charge is 0.0733 e. The molecule has 0 saturated carbocycles. The van der Waals surface area contributed by atoms with Crippen molar-refractivity contribution in [2.45, 2.75) is 5.88 Å². The minimum absolute atomic E-state index is 0. The molecular weight excluding hydrogens is 233 g/mol. The average molecular weight is 244 g/mol. The van der Waals surface area contributed by atoms with Crippen molar-refractivity contribution in [1.82, 2.24) is 14.8 Å². The van der Waals surface area contributed by atoms with Crippen molar-refractivity contribution in [2.75, 3.05) is 0 Å². The highest BCUT2D eigenvalue weighted by atomic mass is 35.5. The molecule has 2 aromatic rings. The lowest BCUT2D eigenvalue weighted by molar-refractivity contribution is 0.768. The van der Waals surface area contributed by atoms with Crippen molar-refractivity contribution in [3.05, 3.63) is 36.3 Å². The van der Waals surface area contributed by atoms with E-state index in [4.69, 9.17) is 11.6 Å². The highest BCUT2D eigenvalue weighted by molar-refractivity contribution is 6.17. The zero-order chi connectivity index (χ0) is 9.97. The molecule has 0 aliphatic carbocycles. The molecule has 0 aliphatic heterocycles. The summed E-state index contributed by atoms with van der Waals surface area (Å²) < 4.78 is 1.76. The molecule has 2 rings (SSSR count). The molecule has 0 amide bonds. The Morgan fingerprint density at radius 2 is 2.13 bits per heavy atom. The van der Waals surface area contributed by atoms with E-state index in [1.165, 1.54) is 0 Å². The minimum Gasteiger partial charge on any atom is -0.275 e. The fourth-order valence-electron chi connectivity index (χ4n) is 1.23. The van der Waals surface area contributed by atoms with Gasteiger partial charge in [-0.15, -0.1) is 24.0 Å². The molecule has 80 valence electrons. The van der Waals surface area contributed by atoms with E-state index in [0.717, 1.165) is 16.8 Å². The van der Waals surface area contributed by atoms with Crippen LogP contribution in [0.2, 0.25) is 0 Å². The van der Waals surface area contributed by atoms with E-state index in [9.17, 15) is 0 Å². The highest BCUT2D eigenvalue weighted by Crippen LogP contribution is 2.15. The Morgan fingerprint density at radius 1 is 1.33 bits per heavy atom. The summed E-state index contributed by atoms with van der Waals surface area (Å²) in [4.78, 5) is 4.30. The van der Waals surface area contributed by atoms with Crippen molar-refractivity contribution in [3.63, 3.8) is 0 Å². The van der Waals surface area contributed by atoms with Crippen molar-refractivity contribution in [1.29, 1.82) is 0 Å². The van der Waals surface area contributed by atoms with Crippen LogP contribution in [-0.4, -0.2) is 14.8 Å². The Kier molecular flexibility index (Phi) is 4.12. The molecule has 0 N–H and O–H groups in total. The zero-order valence-electron chi connectivity index (χ0n) is 8.22. The Labute approximate surface area is 99.5 Å². The van der Waals surface area contributed by atoms with Gasteiger partial charge in [0.25, 0.3) is 0 Å². The first-order chi connectivity index (χ1) is 6.79. The van der Waals surface area contributed by atoms with E-state index in [1.807, 2.05) is 25.4 Å². The van der Waals surface area contributed by atoms with Crippen LogP contribution in [-0.2, 0) is 12.9 Å². The van der Waals surface area contributed by atoms with Gasteiger partial charge < -0.3 is 0 Å². The van der Waals surface area contributed by atoms with Gasteiger partial charge in [-0.2, -0.15) is 5.10 Å². The molecule has 15 heavy (non-hydrogen) atoms. The van der Waals surface area contributed by atoms with E-state index in [-0.39, 0.29) is 12.4 Å². The lowest BCUT2D eigenvalue weighted by Gasteiger charge is -1.97. The highest BCUT2D eigenvalue weighted by Gasteiger charge is 2.01. The summed E-state index contributed by atoms with van der Waals surface area (Å²) in [7, 11) is 1.89. The molecule has 5 heteroatoms. The van der Waals surface area contributed by atoms with Crippen LogP contribution >= 0.6 is 24.0 Å². The number of hydrogen-bond acceptors (Lipinski definition) is 2. The number of aryl methyl sites for hydroxylation is 1. The van der Waals surface area contributed by atoms with Crippen LogP contribution in [0.3, 0.4) is 0 Å². The molecule has 0 radical (unpaired) electrons. The summed E-state index contributed by atoms with van der Waals surface area (Å²) in [6, 6.07) is 3.93. The number of hydrogen-bond donors (Lipinski definition) is 0. The van der Waals surface area contributed by atoms with Crippen LogP contribution in [0.1, 0.15) is 5.56 Å². The van der Waals surface area contributed by atoms with Gasteiger partial charge >= 0.3 is 0 Å². The van der Waals surface area contributed by atoms with Gasteiger partial charge in [0, 0.05) is 30.9 Å². The summed E-state index contributed by atoms with van der Waals surface area (Å²) in [5.41, 5.74) is 2.97. The predicted molar refractivity (Wildman–Crippen MR) is 63.2 cm³/mol. The summed E-state index contributed by atoms with van der Waals surface area (Å²) >= 11 is 5.67. The van der Waals surface area contributed by atoms with E-state index >= 15 is 0 Å². The molecule has 0 fully saturated rings. The first kappa shape index (κ1) is 12.0. The molecule has 2 heterocycles. The van der Waals surface area contributed by atoms with Gasteiger partial charge in [0.05, 0.1) is 11.9 Å². The van der Waals surface area contributed by atoms with Gasteiger partial charge in [-0.1, -0.05) is 6.07 Å². The van der Waals surface area contributed by atoms with Gasteiger partial charge in [-0.3, -0.25) is 9.67 Å². The monoisotopic (exact) mass is 243 g/mol. The van der Waals surface area contributed by atoms with Crippen LogP contribution in [0.5, 0.6) is 0 Å². The first-order valence-corrected chi connectivity index (χ1v) is 4.83. The molecule has 0 spiro atoms. The minimum atomic E-state index is 0. The summed E-state index contributed by atoms with van der Waals surface area (Å²) in [6.07, 6.45) is 5.51. The van der Waals surface area contributed by atoms with E-state index in [0.29, 0.717) is 5.88 Å². The standard InChI is InChI=1S/C10H10ClN3.ClH/c1-14-7-9(6-13-14)10-3-2-8(4-11)5-12-10;/h2-3,5-7H,4H2,1H3;1H. The zero-order valence-corrected chi connectivity index (χ0v) is 9.79. The molecule has 0 saturated heterocycles. The summed E-state index contributed by atoms with van der Waals surface area (Å²) in [5, 5.41) is 4.09. The maximum atomic E-state index is 5.67. The molecule has 0 unspecified atom stereocenters. The van der Waals surface area contributed by atoms with E-state index < -0.39 is 0 Å². The van der Waals surface area contributed by atoms with Gasteiger partial charge in [-0.05, 0) is 11.6 Å². The fourth-order valence-corrected chi connectivity index (χ4v) is 1.39. The molecule has 0 aromatic carbocycles.